The van der Waals surface area contributed by atoms with Gasteiger partial charge in [-0.1, -0.05) is 24.3 Å². The fraction of sp³-hybridized carbons (Fsp3) is 0.200. The maximum Gasteiger partial charge on any atom is 0.269 e. The number of nitro groups is 1. The molecular weight excluding hydrogens is 242 g/mol. The van der Waals surface area contributed by atoms with E-state index in [1.807, 2.05) is 26.0 Å². The fourth-order valence-electron chi connectivity index (χ4n) is 2.12. The van der Waals surface area contributed by atoms with Crippen LogP contribution >= 0.6 is 0 Å². The third-order valence-corrected chi connectivity index (χ3v) is 3.11. The number of phenolic OH excluding ortho intramolecular Hbond substituents is 1. The lowest BCUT2D eigenvalue weighted by Gasteiger charge is -2.08. The number of phenols is 1. The van der Waals surface area contributed by atoms with E-state index in [9.17, 15) is 15.2 Å². The van der Waals surface area contributed by atoms with Gasteiger partial charge in [-0.05, 0) is 42.5 Å². The summed E-state index contributed by atoms with van der Waals surface area (Å²) in [6.45, 7) is 3.73. The van der Waals surface area contributed by atoms with Gasteiger partial charge in [0.25, 0.3) is 5.69 Å². The van der Waals surface area contributed by atoms with E-state index in [2.05, 4.69) is 0 Å². The van der Waals surface area contributed by atoms with Crippen molar-refractivity contribution in [2.75, 3.05) is 0 Å². The predicted molar refractivity (Wildman–Crippen MR) is 73.5 cm³/mol. The first-order chi connectivity index (χ1) is 8.97. The summed E-state index contributed by atoms with van der Waals surface area (Å²) >= 11 is 0. The topological polar surface area (TPSA) is 63.4 Å². The zero-order chi connectivity index (χ0) is 14.0. The van der Waals surface area contributed by atoms with Crippen LogP contribution in [0.25, 0.3) is 0 Å². The second-order valence-corrected chi connectivity index (χ2v) is 4.68. The minimum Gasteiger partial charge on any atom is -0.507 e. The molecule has 0 heterocycles. The summed E-state index contributed by atoms with van der Waals surface area (Å²) in [7, 11) is 0. The summed E-state index contributed by atoms with van der Waals surface area (Å²) < 4.78 is 0. The van der Waals surface area contributed by atoms with E-state index in [0.29, 0.717) is 12.2 Å². The minimum absolute atomic E-state index is 0.0989. The number of hydrogen-bond donors (Lipinski definition) is 1. The smallest absolute Gasteiger partial charge is 0.269 e. The molecule has 0 aromatic heterocycles. The minimum atomic E-state index is -0.404. The van der Waals surface area contributed by atoms with E-state index >= 15 is 0 Å². The van der Waals surface area contributed by atoms with Crippen LogP contribution in [0.3, 0.4) is 0 Å². The molecule has 0 unspecified atom stereocenters. The van der Waals surface area contributed by atoms with Gasteiger partial charge in [0.2, 0.25) is 0 Å². The van der Waals surface area contributed by atoms with Crippen LogP contribution in [-0.4, -0.2) is 10.0 Å². The van der Waals surface area contributed by atoms with Gasteiger partial charge in [-0.25, -0.2) is 0 Å². The monoisotopic (exact) mass is 257 g/mol. The molecule has 0 bridgehead atoms. The van der Waals surface area contributed by atoms with Crippen molar-refractivity contribution in [3.05, 3.63) is 68.8 Å². The summed E-state index contributed by atoms with van der Waals surface area (Å²) in [5, 5.41) is 20.3. The molecule has 0 atom stereocenters. The molecule has 0 saturated carbocycles. The lowest BCUT2D eigenvalue weighted by atomic mass is 10.00. The van der Waals surface area contributed by atoms with Crippen molar-refractivity contribution in [1.29, 1.82) is 0 Å². The number of aryl methyl sites for hydroxylation is 2. The molecule has 0 aliphatic carbocycles. The highest BCUT2D eigenvalue weighted by Gasteiger charge is 2.06. The first-order valence-electron chi connectivity index (χ1n) is 6.00. The van der Waals surface area contributed by atoms with Crippen LogP contribution in [0.4, 0.5) is 5.69 Å². The Bertz CT molecular complexity index is 595. The van der Waals surface area contributed by atoms with Gasteiger partial charge in [0, 0.05) is 12.1 Å². The van der Waals surface area contributed by atoms with E-state index in [4.69, 9.17) is 0 Å². The second kappa shape index (κ2) is 5.10. The number of non-ortho nitro benzene ring substituents is 1. The highest BCUT2D eigenvalue weighted by molar-refractivity contribution is 5.44. The van der Waals surface area contributed by atoms with E-state index < -0.39 is 4.92 Å². The molecule has 4 nitrogen and oxygen atoms in total. The van der Waals surface area contributed by atoms with Crippen LogP contribution in [0.5, 0.6) is 5.75 Å². The summed E-state index contributed by atoms with van der Waals surface area (Å²) in [6.07, 6.45) is 0.694. The summed E-state index contributed by atoms with van der Waals surface area (Å²) in [6, 6.07) is 10.4. The Kier molecular flexibility index (Phi) is 3.51. The highest BCUT2D eigenvalue weighted by Crippen LogP contribution is 2.24. The molecule has 2 aromatic carbocycles. The fourth-order valence-corrected chi connectivity index (χ4v) is 2.12. The standard InChI is InChI=1S/C15H15NO3/c1-10-7-13(8-11(2)15(10)17)9-12-3-5-14(6-4-12)16(18)19/h3-8,17H,9H2,1-2H3. The molecule has 2 aromatic rings. The first kappa shape index (κ1) is 13.1. The Hall–Kier alpha value is -2.36. The van der Waals surface area contributed by atoms with E-state index in [-0.39, 0.29) is 5.69 Å². The van der Waals surface area contributed by atoms with E-state index in [0.717, 1.165) is 22.3 Å². The molecule has 0 saturated heterocycles. The summed E-state index contributed by atoms with van der Waals surface area (Å²) in [4.78, 5) is 10.2. The quantitative estimate of drug-likeness (QED) is 0.676. The predicted octanol–water partition coefficient (Wildman–Crippen LogP) is 3.51. The van der Waals surface area contributed by atoms with E-state index in [1.165, 1.54) is 12.1 Å². The maximum absolute atomic E-state index is 10.6. The van der Waals surface area contributed by atoms with Crippen LogP contribution < -0.4 is 0 Å². The largest absolute Gasteiger partial charge is 0.507 e. The lowest BCUT2D eigenvalue weighted by Crippen LogP contribution is -1.93. The number of benzene rings is 2. The summed E-state index contributed by atoms with van der Waals surface area (Å²) in [5.41, 5.74) is 3.88. The molecule has 4 heteroatoms. The van der Waals surface area contributed by atoms with Crippen LogP contribution in [0.2, 0.25) is 0 Å². The molecule has 0 fully saturated rings. The molecule has 1 N–H and O–H groups in total. The van der Waals surface area contributed by atoms with Crippen LogP contribution in [0.15, 0.2) is 36.4 Å². The van der Waals surface area contributed by atoms with Crippen molar-refractivity contribution in [3.8, 4) is 5.75 Å². The van der Waals surface area contributed by atoms with Gasteiger partial charge in [0.15, 0.2) is 0 Å². The Labute approximate surface area is 111 Å². The summed E-state index contributed by atoms with van der Waals surface area (Å²) in [5.74, 6) is 0.326. The van der Waals surface area contributed by atoms with Gasteiger partial charge < -0.3 is 5.11 Å². The van der Waals surface area contributed by atoms with Crippen molar-refractivity contribution in [2.45, 2.75) is 20.3 Å². The zero-order valence-corrected chi connectivity index (χ0v) is 10.9. The second-order valence-electron chi connectivity index (χ2n) is 4.68. The third kappa shape index (κ3) is 2.91. The van der Waals surface area contributed by atoms with Gasteiger partial charge >= 0.3 is 0 Å². The highest BCUT2D eigenvalue weighted by atomic mass is 16.6. The van der Waals surface area contributed by atoms with Gasteiger partial charge in [-0.2, -0.15) is 0 Å². The Morgan fingerprint density at radius 1 is 1.05 bits per heavy atom. The van der Waals surface area contributed by atoms with Crippen molar-refractivity contribution < 1.29 is 10.0 Å². The van der Waals surface area contributed by atoms with Crippen molar-refractivity contribution in [2.24, 2.45) is 0 Å². The van der Waals surface area contributed by atoms with Gasteiger partial charge in [0.1, 0.15) is 5.75 Å². The van der Waals surface area contributed by atoms with Crippen molar-refractivity contribution in [1.82, 2.24) is 0 Å². The Morgan fingerprint density at radius 3 is 2.05 bits per heavy atom. The van der Waals surface area contributed by atoms with Crippen LogP contribution in [0.1, 0.15) is 22.3 Å². The Balaban J connectivity index is 2.24. The number of aromatic hydroxyl groups is 1. The number of nitrogens with zero attached hydrogens (tertiary/aromatic N) is 1. The maximum atomic E-state index is 10.6. The SMILES string of the molecule is Cc1cc(Cc2ccc([N+](=O)[O-])cc2)cc(C)c1O. The zero-order valence-electron chi connectivity index (χ0n) is 10.9. The Morgan fingerprint density at radius 2 is 1.58 bits per heavy atom. The number of rotatable bonds is 3. The molecule has 0 aliphatic heterocycles. The molecular formula is C15H15NO3. The van der Waals surface area contributed by atoms with Crippen LogP contribution in [-0.2, 0) is 6.42 Å². The van der Waals surface area contributed by atoms with Gasteiger partial charge in [-0.15, -0.1) is 0 Å². The third-order valence-electron chi connectivity index (χ3n) is 3.11. The normalized spacial score (nSPS) is 10.4. The molecule has 0 spiro atoms. The van der Waals surface area contributed by atoms with Crippen molar-refractivity contribution >= 4 is 5.69 Å². The average Bonchev–Trinajstić information content (AvgIpc) is 2.36. The molecule has 0 aliphatic rings. The molecule has 0 amide bonds. The van der Waals surface area contributed by atoms with Crippen molar-refractivity contribution in [3.63, 3.8) is 0 Å². The number of nitro benzene ring substituents is 1. The van der Waals surface area contributed by atoms with Gasteiger partial charge in [-0.3, -0.25) is 10.1 Å². The van der Waals surface area contributed by atoms with Crippen LogP contribution in [0, 0.1) is 24.0 Å². The first-order valence-corrected chi connectivity index (χ1v) is 6.00. The number of hydrogen-bond acceptors (Lipinski definition) is 3. The molecule has 0 radical (unpaired) electrons. The van der Waals surface area contributed by atoms with Gasteiger partial charge in [0.05, 0.1) is 4.92 Å². The average molecular weight is 257 g/mol. The van der Waals surface area contributed by atoms with E-state index in [1.54, 1.807) is 12.1 Å². The lowest BCUT2D eigenvalue weighted by molar-refractivity contribution is -0.384. The molecule has 2 rings (SSSR count). The molecule has 19 heavy (non-hydrogen) atoms. The molecule has 98 valence electrons.